The number of nitrogens with zero attached hydrogens (tertiary/aromatic N) is 1. The van der Waals surface area contributed by atoms with Crippen LogP contribution in [0.2, 0.25) is 0 Å². The molecule has 28 heavy (non-hydrogen) atoms. The van der Waals surface area contributed by atoms with E-state index in [9.17, 15) is 0 Å². The van der Waals surface area contributed by atoms with Gasteiger partial charge in [-0.25, -0.2) is 0 Å². The highest BCUT2D eigenvalue weighted by atomic mass is 16.7. The van der Waals surface area contributed by atoms with Crippen LogP contribution in [-0.2, 0) is 0 Å². The maximum atomic E-state index is 6.13. The quantitative estimate of drug-likeness (QED) is 0.388. The molecular weight excluding hydrogens is 348 g/mol. The first-order valence-corrected chi connectivity index (χ1v) is 9.05. The fourth-order valence-corrected chi connectivity index (χ4v) is 2.68. The number of rotatable bonds is 7. The lowest BCUT2D eigenvalue weighted by atomic mass is 10.3. The van der Waals surface area contributed by atoms with Gasteiger partial charge in [-0.2, -0.15) is 0 Å². The molecule has 4 aromatic carbocycles. The Morgan fingerprint density at radius 3 is 1.75 bits per heavy atom. The first-order chi connectivity index (χ1) is 13.9. The van der Waals surface area contributed by atoms with E-state index in [4.69, 9.17) is 9.57 Å². The first-order valence-electron chi connectivity index (χ1n) is 9.05. The molecule has 0 heterocycles. The molecule has 4 aromatic rings. The molecule has 0 saturated carbocycles. The molecule has 0 spiro atoms. The van der Waals surface area contributed by atoms with Crippen LogP contribution < -0.4 is 20.2 Å². The molecule has 0 unspecified atom stereocenters. The second-order valence-electron chi connectivity index (χ2n) is 6.06. The van der Waals surface area contributed by atoms with Gasteiger partial charge in [0.25, 0.3) is 0 Å². The van der Waals surface area contributed by atoms with Gasteiger partial charge in [-0.05, 0) is 48.5 Å². The summed E-state index contributed by atoms with van der Waals surface area (Å²) in [5.41, 5.74) is 4.95. The normalized spacial score (nSPS) is 10.1. The number of nitrogens with one attached hydrogen (secondary N) is 1. The van der Waals surface area contributed by atoms with Crippen LogP contribution in [0.15, 0.2) is 115 Å². The average Bonchev–Trinajstić information content (AvgIpc) is 2.76. The van der Waals surface area contributed by atoms with Gasteiger partial charge >= 0.3 is 0 Å². The Hall–Kier alpha value is -3.92. The van der Waals surface area contributed by atoms with Gasteiger partial charge in [0, 0.05) is 0 Å². The van der Waals surface area contributed by atoms with E-state index in [2.05, 4.69) is 5.43 Å². The topological polar surface area (TPSA) is 33.7 Å². The number of hydrogen-bond donors (Lipinski definition) is 1. The maximum absolute atomic E-state index is 6.13. The molecule has 4 heteroatoms. The van der Waals surface area contributed by atoms with Crippen molar-refractivity contribution in [2.75, 3.05) is 10.6 Å². The Balaban J connectivity index is 1.67. The van der Waals surface area contributed by atoms with Crippen LogP contribution in [0.3, 0.4) is 0 Å². The van der Waals surface area contributed by atoms with Crippen LogP contribution in [0.5, 0.6) is 17.2 Å². The van der Waals surface area contributed by atoms with E-state index in [1.807, 2.05) is 115 Å². The molecule has 0 aliphatic heterocycles. The van der Waals surface area contributed by atoms with E-state index in [0.29, 0.717) is 11.5 Å². The van der Waals surface area contributed by atoms with Crippen LogP contribution in [0.1, 0.15) is 0 Å². The van der Waals surface area contributed by atoms with Crippen molar-refractivity contribution in [2.45, 2.75) is 0 Å². The van der Waals surface area contributed by atoms with E-state index in [0.717, 1.165) is 17.1 Å². The molecule has 1 N–H and O–H groups in total. The Kier molecular flexibility index (Phi) is 5.40. The van der Waals surface area contributed by atoms with Crippen LogP contribution in [0, 0.1) is 0 Å². The fraction of sp³-hybridized carbons (Fsp3) is 0. The van der Waals surface area contributed by atoms with E-state index in [1.165, 1.54) is 0 Å². The Labute approximate surface area is 164 Å². The third-order valence-corrected chi connectivity index (χ3v) is 4.00. The van der Waals surface area contributed by atoms with Gasteiger partial charge in [0.15, 0.2) is 11.5 Å². The number of anilines is 2. The zero-order valence-electron chi connectivity index (χ0n) is 15.2. The summed E-state index contributed by atoms with van der Waals surface area (Å²) in [5, 5.41) is 1.61. The van der Waals surface area contributed by atoms with Crippen LogP contribution in [0.4, 0.5) is 11.4 Å². The lowest BCUT2D eigenvalue weighted by molar-refractivity contribution is 0.297. The van der Waals surface area contributed by atoms with Crippen molar-refractivity contribution in [2.24, 2.45) is 0 Å². The van der Waals surface area contributed by atoms with E-state index < -0.39 is 0 Å². The van der Waals surface area contributed by atoms with Crippen molar-refractivity contribution >= 4 is 11.4 Å². The molecule has 0 aliphatic carbocycles. The van der Waals surface area contributed by atoms with Crippen LogP contribution in [-0.4, -0.2) is 0 Å². The second-order valence-corrected chi connectivity index (χ2v) is 6.06. The van der Waals surface area contributed by atoms with Crippen molar-refractivity contribution in [3.05, 3.63) is 115 Å². The summed E-state index contributed by atoms with van der Waals surface area (Å²) < 4.78 is 6.10. The minimum atomic E-state index is 0.674. The number of ether oxygens (including phenoxy) is 1. The highest BCUT2D eigenvalue weighted by Crippen LogP contribution is 2.33. The van der Waals surface area contributed by atoms with E-state index >= 15 is 0 Å². The van der Waals surface area contributed by atoms with Crippen molar-refractivity contribution in [3.8, 4) is 17.2 Å². The van der Waals surface area contributed by atoms with Gasteiger partial charge in [-0.1, -0.05) is 66.7 Å². The number of benzene rings is 4. The highest BCUT2D eigenvalue weighted by Gasteiger charge is 2.15. The van der Waals surface area contributed by atoms with Crippen molar-refractivity contribution in [3.63, 3.8) is 0 Å². The Bertz CT molecular complexity index is 951. The zero-order chi connectivity index (χ0) is 19.0. The lowest BCUT2D eigenvalue weighted by Gasteiger charge is -2.27. The lowest BCUT2D eigenvalue weighted by Crippen LogP contribution is -2.33. The second kappa shape index (κ2) is 8.64. The molecule has 0 fully saturated rings. The third-order valence-electron chi connectivity index (χ3n) is 4.00. The smallest absolute Gasteiger partial charge is 0.157 e. The molecule has 0 aromatic heterocycles. The molecule has 0 atom stereocenters. The molecule has 0 radical (unpaired) electrons. The monoisotopic (exact) mass is 368 g/mol. The molecule has 0 amide bonds. The predicted molar refractivity (Wildman–Crippen MR) is 113 cm³/mol. The minimum Gasteiger partial charge on any atom is -0.455 e. The Morgan fingerprint density at radius 2 is 1.07 bits per heavy atom. The summed E-state index contributed by atoms with van der Waals surface area (Å²) in [4.78, 5) is 6.13. The summed E-state index contributed by atoms with van der Waals surface area (Å²) in [6.07, 6.45) is 0. The van der Waals surface area contributed by atoms with Gasteiger partial charge in [0.1, 0.15) is 11.4 Å². The van der Waals surface area contributed by atoms with Gasteiger partial charge in [0.05, 0.1) is 5.69 Å². The van der Waals surface area contributed by atoms with Gasteiger partial charge in [-0.15, -0.1) is 5.17 Å². The van der Waals surface area contributed by atoms with Gasteiger partial charge in [-0.3, -0.25) is 5.43 Å². The summed E-state index contributed by atoms with van der Waals surface area (Å²) in [7, 11) is 0. The molecule has 0 bridgehead atoms. The Morgan fingerprint density at radius 1 is 0.536 bits per heavy atom. The largest absolute Gasteiger partial charge is 0.455 e. The van der Waals surface area contributed by atoms with Gasteiger partial charge in [0.2, 0.25) is 0 Å². The van der Waals surface area contributed by atoms with Crippen LogP contribution in [0.25, 0.3) is 0 Å². The fourth-order valence-electron chi connectivity index (χ4n) is 2.68. The minimum absolute atomic E-state index is 0.674. The molecule has 4 nitrogen and oxygen atoms in total. The summed E-state index contributed by atoms with van der Waals surface area (Å²) in [6, 6.07) is 36.9. The summed E-state index contributed by atoms with van der Waals surface area (Å²) in [6.45, 7) is 0. The standard InChI is InChI=1S/C24H20N2O2/c1-4-12-20(13-5-1)25-26(28-22-16-8-3-9-17-22)23-18-10-11-19-24(23)27-21-14-6-2-7-15-21/h1-19,25H. The summed E-state index contributed by atoms with van der Waals surface area (Å²) in [5.74, 6) is 2.14. The summed E-state index contributed by atoms with van der Waals surface area (Å²) >= 11 is 0. The van der Waals surface area contributed by atoms with Crippen molar-refractivity contribution < 1.29 is 9.57 Å². The predicted octanol–water partition coefficient (Wildman–Crippen LogP) is 6.31. The van der Waals surface area contributed by atoms with E-state index in [1.54, 1.807) is 5.17 Å². The third kappa shape index (κ3) is 4.43. The van der Waals surface area contributed by atoms with Crippen molar-refractivity contribution in [1.82, 2.24) is 0 Å². The van der Waals surface area contributed by atoms with Crippen molar-refractivity contribution in [1.29, 1.82) is 0 Å². The highest BCUT2D eigenvalue weighted by molar-refractivity contribution is 5.62. The number of hydrazine groups is 1. The molecule has 0 saturated heterocycles. The molecule has 4 rings (SSSR count). The molecule has 0 aliphatic rings. The first kappa shape index (κ1) is 17.5. The van der Waals surface area contributed by atoms with Gasteiger partial charge < -0.3 is 9.57 Å². The average molecular weight is 368 g/mol. The maximum Gasteiger partial charge on any atom is 0.157 e. The number of hydrogen-bond acceptors (Lipinski definition) is 4. The van der Waals surface area contributed by atoms with Crippen LogP contribution >= 0.6 is 0 Å². The number of para-hydroxylation sites is 5. The zero-order valence-corrected chi connectivity index (χ0v) is 15.2. The molecular formula is C24H20N2O2. The van der Waals surface area contributed by atoms with E-state index in [-0.39, 0.29) is 0 Å². The SMILES string of the molecule is c1ccc(NN(Oc2ccccc2)c2ccccc2Oc2ccccc2)cc1. The molecule has 138 valence electrons.